The van der Waals surface area contributed by atoms with E-state index >= 15 is 0 Å². The van der Waals surface area contributed by atoms with E-state index in [1.54, 1.807) is 12.1 Å². The van der Waals surface area contributed by atoms with E-state index in [9.17, 15) is 10.2 Å². The standard InChI is InChI=1S/C12H15NO2/c1-6-4-7-11-9(14)2-3-10(15)12(11)8(5-6)13-7/h2-3,6-8,13-15H,4-5H2,1H3. The molecule has 0 amide bonds. The van der Waals surface area contributed by atoms with Gasteiger partial charge in [0.05, 0.1) is 0 Å². The average Bonchev–Trinajstić information content (AvgIpc) is 2.46. The van der Waals surface area contributed by atoms with Crippen LogP contribution in [-0.4, -0.2) is 10.2 Å². The third-order valence-corrected chi connectivity index (χ3v) is 3.62. The van der Waals surface area contributed by atoms with Crippen LogP contribution in [-0.2, 0) is 0 Å². The molecule has 1 aromatic rings. The zero-order valence-electron chi connectivity index (χ0n) is 8.70. The Morgan fingerprint density at radius 1 is 1.07 bits per heavy atom. The largest absolute Gasteiger partial charge is 0.508 e. The lowest BCUT2D eigenvalue weighted by molar-refractivity contribution is 0.286. The van der Waals surface area contributed by atoms with Crippen molar-refractivity contribution in [3.05, 3.63) is 23.3 Å². The van der Waals surface area contributed by atoms with Crippen LogP contribution >= 0.6 is 0 Å². The van der Waals surface area contributed by atoms with Crippen LogP contribution in [0.15, 0.2) is 12.1 Å². The maximum absolute atomic E-state index is 9.84. The van der Waals surface area contributed by atoms with E-state index in [4.69, 9.17) is 0 Å². The minimum absolute atomic E-state index is 0.223. The molecule has 1 saturated heterocycles. The highest BCUT2D eigenvalue weighted by molar-refractivity contribution is 5.54. The van der Waals surface area contributed by atoms with Crippen molar-refractivity contribution >= 4 is 0 Å². The minimum Gasteiger partial charge on any atom is -0.508 e. The Balaban J connectivity index is 2.19. The number of nitrogens with one attached hydrogen (secondary N) is 1. The zero-order chi connectivity index (χ0) is 10.6. The summed E-state index contributed by atoms with van der Waals surface area (Å²) in [5.74, 6) is 1.28. The number of hydrogen-bond donors (Lipinski definition) is 3. The van der Waals surface area contributed by atoms with E-state index < -0.39 is 0 Å². The third kappa shape index (κ3) is 1.16. The molecule has 3 heteroatoms. The summed E-state index contributed by atoms with van der Waals surface area (Å²) in [7, 11) is 0. The van der Waals surface area contributed by atoms with E-state index in [2.05, 4.69) is 12.2 Å². The van der Waals surface area contributed by atoms with Gasteiger partial charge < -0.3 is 15.5 Å². The van der Waals surface area contributed by atoms with E-state index in [-0.39, 0.29) is 12.1 Å². The number of piperidine rings is 1. The van der Waals surface area contributed by atoms with Gasteiger partial charge in [-0.1, -0.05) is 6.92 Å². The van der Waals surface area contributed by atoms with Gasteiger partial charge in [-0.25, -0.2) is 0 Å². The van der Waals surface area contributed by atoms with Crippen molar-refractivity contribution in [2.75, 3.05) is 0 Å². The SMILES string of the molecule is CC1CC2NC(C1)c1c(O)ccc(O)c12. The van der Waals surface area contributed by atoms with Crippen molar-refractivity contribution in [3.8, 4) is 11.5 Å². The van der Waals surface area contributed by atoms with Gasteiger partial charge in [0.25, 0.3) is 0 Å². The van der Waals surface area contributed by atoms with E-state index in [1.807, 2.05) is 0 Å². The van der Waals surface area contributed by atoms with Crippen LogP contribution < -0.4 is 5.32 Å². The maximum Gasteiger partial charge on any atom is 0.120 e. The van der Waals surface area contributed by atoms with E-state index in [1.165, 1.54) is 0 Å². The number of benzene rings is 1. The first-order valence-corrected chi connectivity index (χ1v) is 5.47. The molecule has 2 heterocycles. The Labute approximate surface area is 88.7 Å². The van der Waals surface area contributed by atoms with Gasteiger partial charge in [0, 0.05) is 23.2 Å². The highest BCUT2D eigenvalue weighted by atomic mass is 16.3. The lowest BCUT2D eigenvalue weighted by atomic mass is 9.93. The third-order valence-electron chi connectivity index (χ3n) is 3.62. The molecule has 0 saturated carbocycles. The van der Waals surface area contributed by atoms with Crippen LogP contribution in [0.1, 0.15) is 43.0 Å². The summed E-state index contributed by atoms with van der Waals surface area (Å²) in [5.41, 5.74) is 1.84. The average molecular weight is 205 g/mol. The Kier molecular flexibility index (Phi) is 1.74. The van der Waals surface area contributed by atoms with Crippen LogP contribution in [0.25, 0.3) is 0 Å². The van der Waals surface area contributed by atoms with Crippen molar-refractivity contribution in [1.82, 2.24) is 5.32 Å². The van der Waals surface area contributed by atoms with Gasteiger partial charge in [0.15, 0.2) is 0 Å². The van der Waals surface area contributed by atoms with Crippen LogP contribution in [0.4, 0.5) is 0 Å². The molecule has 0 aromatic heterocycles. The second-order valence-corrected chi connectivity index (χ2v) is 4.78. The summed E-state index contributed by atoms with van der Waals surface area (Å²) >= 11 is 0. The first-order chi connectivity index (χ1) is 7.16. The zero-order valence-corrected chi connectivity index (χ0v) is 8.70. The molecule has 15 heavy (non-hydrogen) atoms. The summed E-state index contributed by atoms with van der Waals surface area (Å²) in [5, 5.41) is 23.1. The normalized spacial score (nSPS) is 32.7. The monoisotopic (exact) mass is 205 g/mol. The second kappa shape index (κ2) is 2.89. The van der Waals surface area contributed by atoms with Crippen molar-refractivity contribution in [1.29, 1.82) is 0 Å². The Morgan fingerprint density at radius 3 is 2.00 bits per heavy atom. The summed E-state index contributed by atoms with van der Waals surface area (Å²) in [6.07, 6.45) is 2.08. The molecule has 0 radical (unpaired) electrons. The molecule has 2 aliphatic rings. The van der Waals surface area contributed by atoms with Crippen LogP contribution in [0.5, 0.6) is 11.5 Å². The number of phenols is 2. The number of hydrogen-bond acceptors (Lipinski definition) is 3. The topological polar surface area (TPSA) is 52.5 Å². The molecule has 2 atom stereocenters. The fraction of sp³-hybridized carbons (Fsp3) is 0.500. The van der Waals surface area contributed by atoms with E-state index in [0.717, 1.165) is 24.0 Å². The van der Waals surface area contributed by atoms with Crippen molar-refractivity contribution in [2.24, 2.45) is 5.92 Å². The fourth-order valence-corrected chi connectivity index (χ4v) is 3.03. The van der Waals surface area contributed by atoms with Crippen LogP contribution in [0.3, 0.4) is 0 Å². The van der Waals surface area contributed by atoms with Gasteiger partial charge in [-0.15, -0.1) is 0 Å². The molecule has 2 bridgehead atoms. The fourth-order valence-electron chi connectivity index (χ4n) is 3.03. The summed E-state index contributed by atoms with van der Waals surface area (Å²) < 4.78 is 0. The molecule has 0 aliphatic carbocycles. The molecular formula is C12H15NO2. The quantitative estimate of drug-likeness (QED) is 0.569. The molecule has 3 N–H and O–H groups in total. The van der Waals surface area contributed by atoms with Crippen molar-refractivity contribution < 1.29 is 10.2 Å². The van der Waals surface area contributed by atoms with Gasteiger partial charge in [0.2, 0.25) is 0 Å². The predicted octanol–water partition coefficient (Wildman–Crippen LogP) is 2.21. The number of aromatic hydroxyl groups is 2. The van der Waals surface area contributed by atoms with Crippen LogP contribution in [0, 0.1) is 5.92 Å². The van der Waals surface area contributed by atoms with Crippen molar-refractivity contribution in [3.63, 3.8) is 0 Å². The van der Waals surface area contributed by atoms with Gasteiger partial charge in [-0.05, 0) is 30.9 Å². The Morgan fingerprint density at radius 2 is 1.53 bits per heavy atom. The molecular weight excluding hydrogens is 190 g/mol. The molecule has 3 rings (SSSR count). The van der Waals surface area contributed by atoms with E-state index in [0.29, 0.717) is 17.4 Å². The smallest absolute Gasteiger partial charge is 0.120 e. The molecule has 0 spiro atoms. The summed E-state index contributed by atoms with van der Waals surface area (Å²) in [6.45, 7) is 2.22. The van der Waals surface area contributed by atoms with Gasteiger partial charge >= 0.3 is 0 Å². The maximum atomic E-state index is 9.84. The molecule has 2 unspecified atom stereocenters. The van der Waals surface area contributed by atoms with Crippen LogP contribution in [0.2, 0.25) is 0 Å². The van der Waals surface area contributed by atoms with Gasteiger partial charge in [-0.2, -0.15) is 0 Å². The minimum atomic E-state index is 0.223. The first kappa shape index (κ1) is 9.04. The Bertz CT molecular complexity index is 379. The van der Waals surface area contributed by atoms with Crippen molar-refractivity contribution in [2.45, 2.75) is 31.8 Å². The Hall–Kier alpha value is -1.22. The first-order valence-electron chi connectivity index (χ1n) is 5.47. The highest BCUT2D eigenvalue weighted by Crippen LogP contribution is 2.51. The molecule has 3 nitrogen and oxygen atoms in total. The predicted molar refractivity (Wildman–Crippen MR) is 56.8 cm³/mol. The number of phenolic OH excluding ortho intramolecular Hbond substituents is 2. The molecule has 2 aliphatic heterocycles. The summed E-state index contributed by atoms with van der Waals surface area (Å²) in [4.78, 5) is 0. The molecule has 1 fully saturated rings. The second-order valence-electron chi connectivity index (χ2n) is 4.78. The summed E-state index contributed by atoms with van der Waals surface area (Å²) in [6, 6.07) is 3.62. The van der Waals surface area contributed by atoms with Gasteiger partial charge in [-0.3, -0.25) is 0 Å². The molecule has 80 valence electrons. The highest BCUT2D eigenvalue weighted by Gasteiger charge is 2.39. The lowest BCUT2D eigenvalue weighted by Crippen LogP contribution is -2.26. The molecule has 1 aromatic carbocycles. The van der Waals surface area contributed by atoms with Gasteiger partial charge in [0.1, 0.15) is 11.5 Å². The number of rotatable bonds is 0. The number of fused-ring (bicyclic) bond motifs is 5. The lowest BCUT2D eigenvalue weighted by Gasteiger charge is -2.26.